The Balaban J connectivity index is 2.01. The van der Waals surface area contributed by atoms with E-state index in [1.165, 1.54) is 19.3 Å². The van der Waals surface area contributed by atoms with E-state index in [9.17, 15) is 0 Å². The third kappa shape index (κ3) is 2.68. The van der Waals surface area contributed by atoms with E-state index >= 15 is 0 Å². The number of alkyl halides is 1. The van der Waals surface area contributed by atoms with Crippen LogP contribution < -0.4 is 0 Å². The minimum Gasteiger partial charge on any atom is -0.328 e. The number of fused-ring (bicyclic) bond motifs is 1. The summed E-state index contributed by atoms with van der Waals surface area (Å²) in [7, 11) is 0. The van der Waals surface area contributed by atoms with Crippen molar-refractivity contribution < 1.29 is 0 Å². The van der Waals surface area contributed by atoms with Crippen LogP contribution >= 0.6 is 23.2 Å². The van der Waals surface area contributed by atoms with Gasteiger partial charge in [0.15, 0.2) is 0 Å². The van der Waals surface area contributed by atoms with Crippen LogP contribution in [0.5, 0.6) is 0 Å². The predicted molar refractivity (Wildman–Crippen MR) is 85.7 cm³/mol. The number of hydrogen-bond donors (Lipinski definition) is 0. The van der Waals surface area contributed by atoms with Crippen molar-refractivity contribution in [3.05, 3.63) is 29.0 Å². The van der Waals surface area contributed by atoms with Gasteiger partial charge in [0, 0.05) is 23.9 Å². The Morgan fingerprint density at radius 1 is 1.35 bits per heavy atom. The lowest BCUT2D eigenvalue weighted by Crippen LogP contribution is -2.15. The smallest absolute Gasteiger partial charge is 0.111 e. The first-order valence-electron chi connectivity index (χ1n) is 7.39. The molecule has 0 N–H and O–H groups in total. The summed E-state index contributed by atoms with van der Waals surface area (Å²) in [5, 5.41) is 0.774. The maximum atomic E-state index is 6.16. The molecule has 2 aromatic rings. The topological polar surface area (TPSA) is 17.8 Å². The van der Waals surface area contributed by atoms with Crippen LogP contribution in [0.25, 0.3) is 11.0 Å². The quantitative estimate of drug-likeness (QED) is 0.734. The second kappa shape index (κ2) is 5.95. The zero-order valence-electron chi connectivity index (χ0n) is 11.8. The number of aromatic nitrogens is 2. The summed E-state index contributed by atoms with van der Waals surface area (Å²) in [4.78, 5) is 4.73. The van der Waals surface area contributed by atoms with Gasteiger partial charge >= 0.3 is 0 Å². The van der Waals surface area contributed by atoms with E-state index in [1.807, 2.05) is 18.2 Å². The normalized spacial score (nSPS) is 22.8. The highest BCUT2D eigenvalue weighted by Gasteiger charge is 2.25. The van der Waals surface area contributed by atoms with E-state index in [0.717, 1.165) is 46.7 Å². The summed E-state index contributed by atoms with van der Waals surface area (Å²) < 4.78 is 2.34. The Bertz CT molecular complexity index is 606. The van der Waals surface area contributed by atoms with Crippen LogP contribution in [0.3, 0.4) is 0 Å². The molecule has 1 fully saturated rings. The van der Waals surface area contributed by atoms with E-state index < -0.39 is 0 Å². The molecular formula is C16H20Cl2N2. The summed E-state index contributed by atoms with van der Waals surface area (Å²) in [6.07, 6.45) is 4.84. The third-order valence-corrected chi connectivity index (χ3v) is 4.99. The standard InChI is InChI=1S/C16H20Cl2N2/c1-11-3-2-4-12(11)10-20-15-9-13(18)5-6-14(15)19-16(20)7-8-17/h5-6,9,11-12H,2-4,7-8,10H2,1H3. The van der Waals surface area contributed by atoms with Gasteiger partial charge in [0.2, 0.25) is 0 Å². The molecule has 108 valence electrons. The highest BCUT2D eigenvalue weighted by atomic mass is 35.5. The third-order valence-electron chi connectivity index (χ3n) is 4.56. The van der Waals surface area contributed by atoms with E-state index in [0.29, 0.717) is 5.88 Å². The zero-order chi connectivity index (χ0) is 14.1. The van der Waals surface area contributed by atoms with Gasteiger partial charge in [-0.3, -0.25) is 0 Å². The number of imidazole rings is 1. The van der Waals surface area contributed by atoms with Gasteiger partial charge in [-0.1, -0.05) is 31.4 Å². The monoisotopic (exact) mass is 310 g/mol. The molecule has 0 saturated heterocycles. The molecular weight excluding hydrogens is 291 g/mol. The van der Waals surface area contributed by atoms with Gasteiger partial charge < -0.3 is 4.57 Å². The van der Waals surface area contributed by atoms with Crippen LogP contribution in [0.15, 0.2) is 18.2 Å². The number of nitrogens with zero attached hydrogens (tertiary/aromatic N) is 2. The van der Waals surface area contributed by atoms with Gasteiger partial charge in [-0.25, -0.2) is 4.98 Å². The molecule has 0 bridgehead atoms. The molecule has 2 nitrogen and oxygen atoms in total. The molecule has 1 aromatic carbocycles. The molecule has 1 aliphatic carbocycles. The number of rotatable bonds is 4. The number of aryl methyl sites for hydroxylation is 1. The summed E-state index contributed by atoms with van der Waals surface area (Å²) in [6, 6.07) is 5.94. The Hall–Kier alpha value is -0.730. The van der Waals surface area contributed by atoms with Crippen molar-refractivity contribution in [2.24, 2.45) is 11.8 Å². The second-order valence-electron chi connectivity index (χ2n) is 5.88. The largest absolute Gasteiger partial charge is 0.328 e. The first-order chi connectivity index (χ1) is 9.69. The summed E-state index contributed by atoms with van der Waals surface area (Å²) in [5.74, 6) is 3.25. The van der Waals surface area contributed by atoms with Crippen LogP contribution in [-0.2, 0) is 13.0 Å². The first-order valence-corrected chi connectivity index (χ1v) is 8.31. The van der Waals surface area contributed by atoms with Crippen molar-refractivity contribution in [3.8, 4) is 0 Å². The molecule has 4 heteroatoms. The highest BCUT2D eigenvalue weighted by Crippen LogP contribution is 2.34. The molecule has 20 heavy (non-hydrogen) atoms. The SMILES string of the molecule is CC1CCCC1Cn1c(CCCl)nc2ccc(Cl)cc21. The minimum atomic E-state index is 0.608. The van der Waals surface area contributed by atoms with Crippen molar-refractivity contribution in [3.63, 3.8) is 0 Å². The Kier molecular flexibility index (Phi) is 4.23. The van der Waals surface area contributed by atoms with E-state index in [2.05, 4.69) is 11.5 Å². The van der Waals surface area contributed by atoms with Gasteiger partial charge in [0.05, 0.1) is 11.0 Å². The summed E-state index contributed by atoms with van der Waals surface area (Å²) in [5.41, 5.74) is 2.18. The fourth-order valence-corrected chi connectivity index (χ4v) is 3.69. The van der Waals surface area contributed by atoms with E-state index in [4.69, 9.17) is 28.2 Å². The maximum Gasteiger partial charge on any atom is 0.111 e. The zero-order valence-corrected chi connectivity index (χ0v) is 13.3. The van der Waals surface area contributed by atoms with Crippen LogP contribution in [0.1, 0.15) is 32.0 Å². The highest BCUT2D eigenvalue weighted by molar-refractivity contribution is 6.31. The van der Waals surface area contributed by atoms with E-state index in [1.54, 1.807) is 0 Å². The van der Waals surface area contributed by atoms with Crippen LogP contribution in [0, 0.1) is 11.8 Å². The van der Waals surface area contributed by atoms with Gasteiger partial charge in [0.25, 0.3) is 0 Å². The second-order valence-corrected chi connectivity index (χ2v) is 6.69. The predicted octanol–water partition coefficient (Wildman–Crippen LogP) is 4.91. The van der Waals surface area contributed by atoms with Gasteiger partial charge in [-0.05, 0) is 36.5 Å². The van der Waals surface area contributed by atoms with Crippen molar-refractivity contribution in [1.29, 1.82) is 0 Å². The van der Waals surface area contributed by atoms with Crippen LogP contribution in [0.2, 0.25) is 5.02 Å². The lowest BCUT2D eigenvalue weighted by molar-refractivity contribution is 0.363. The van der Waals surface area contributed by atoms with Crippen LogP contribution in [-0.4, -0.2) is 15.4 Å². The van der Waals surface area contributed by atoms with Gasteiger partial charge in [-0.15, -0.1) is 11.6 Å². The molecule has 2 unspecified atom stereocenters. The summed E-state index contributed by atoms with van der Waals surface area (Å²) in [6.45, 7) is 3.41. The molecule has 1 saturated carbocycles. The van der Waals surface area contributed by atoms with E-state index in [-0.39, 0.29) is 0 Å². The molecule has 2 atom stereocenters. The molecule has 0 spiro atoms. The van der Waals surface area contributed by atoms with Crippen molar-refractivity contribution in [2.75, 3.05) is 5.88 Å². The van der Waals surface area contributed by atoms with Crippen LogP contribution in [0.4, 0.5) is 0 Å². The minimum absolute atomic E-state index is 0.608. The lowest BCUT2D eigenvalue weighted by atomic mass is 9.98. The maximum absolute atomic E-state index is 6.16. The Morgan fingerprint density at radius 2 is 2.20 bits per heavy atom. The van der Waals surface area contributed by atoms with Gasteiger partial charge in [0.1, 0.15) is 5.82 Å². The first kappa shape index (κ1) is 14.2. The van der Waals surface area contributed by atoms with Gasteiger partial charge in [-0.2, -0.15) is 0 Å². The lowest BCUT2D eigenvalue weighted by Gasteiger charge is -2.18. The molecule has 1 aromatic heterocycles. The Labute approximate surface area is 130 Å². The number of benzene rings is 1. The number of hydrogen-bond acceptors (Lipinski definition) is 1. The molecule has 0 radical (unpaired) electrons. The molecule has 1 aliphatic rings. The average molecular weight is 311 g/mol. The molecule has 1 heterocycles. The average Bonchev–Trinajstić information content (AvgIpc) is 2.96. The van der Waals surface area contributed by atoms with Crippen molar-refractivity contribution in [2.45, 2.75) is 39.2 Å². The summed E-state index contributed by atoms with van der Waals surface area (Å²) >= 11 is 12.1. The fourth-order valence-electron chi connectivity index (χ4n) is 3.35. The molecule has 0 amide bonds. The molecule has 3 rings (SSSR count). The Morgan fingerprint density at radius 3 is 2.90 bits per heavy atom. The molecule has 0 aliphatic heterocycles. The van der Waals surface area contributed by atoms with Crippen molar-refractivity contribution in [1.82, 2.24) is 9.55 Å². The number of halogens is 2. The fraction of sp³-hybridized carbons (Fsp3) is 0.562. The van der Waals surface area contributed by atoms with Crippen molar-refractivity contribution >= 4 is 34.2 Å².